The van der Waals surface area contributed by atoms with Crippen molar-refractivity contribution >= 4 is 35.0 Å². The van der Waals surface area contributed by atoms with Crippen LogP contribution in [0.25, 0.3) is 0 Å². The fourth-order valence-electron chi connectivity index (χ4n) is 4.13. The fraction of sp³-hybridized carbons (Fsp3) is 0.417. The van der Waals surface area contributed by atoms with E-state index >= 15 is 0 Å². The van der Waals surface area contributed by atoms with E-state index in [1.165, 1.54) is 17.0 Å². The topological polar surface area (TPSA) is 49.4 Å². The van der Waals surface area contributed by atoms with Gasteiger partial charge in [0.15, 0.2) is 0 Å². The quantitative estimate of drug-likeness (QED) is 0.551. The fourth-order valence-corrected chi connectivity index (χ4v) is 4.52. The first-order valence-electron chi connectivity index (χ1n) is 10.6. The highest BCUT2D eigenvalue weighted by Gasteiger charge is 2.34. The van der Waals surface area contributed by atoms with Crippen molar-refractivity contribution in [2.24, 2.45) is 5.92 Å². The smallest absolute Gasteiger partial charge is 0.247 e. The Morgan fingerprint density at radius 1 is 1.13 bits per heavy atom. The molecule has 166 valence electrons. The van der Waals surface area contributed by atoms with Crippen molar-refractivity contribution in [3.8, 4) is 0 Å². The van der Waals surface area contributed by atoms with Gasteiger partial charge in [-0.25, -0.2) is 4.39 Å². The van der Waals surface area contributed by atoms with Crippen molar-refractivity contribution in [3.05, 3.63) is 70.5 Å². The first-order valence-corrected chi connectivity index (χ1v) is 11.5. The third-order valence-electron chi connectivity index (χ3n) is 5.90. The molecule has 0 unspecified atom stereocenters. The molecule has 0 aliphatic heterocycles. The number of hydrogen-bond acceptors (Lipinski definition) is 2. The Balaban J connectivity index is 1.97. The molecule has 2 aromatic carbocycles. The van der Waals surface area contributed by atoms with Gasteiger partial charge in [0.25, 0.3) is 0 Å². The summed E-state index contributed by atoms with van der Waals surface area (Å²) in [4.78, 5) is 27.8. The second-order valence-corrected chi connectivity index (χ2v) is 8.76. The van der Waals surface area contributed by atoms with Gasteiger partial charge >= 0.3 is 0 Å². The lowest BCUT2D eigenvalue weighted by molar-refractivity contribution is -0.140. The molecule has 1 aliphatic rings. The molecule has 1 saturated carbocycles. The monoisotopic (exact) mass is 464 g/mol. The molecule has 3 atom stereocenters. The predicted octanol–water partition coefficient (Wildman–Crippen LogP) is 5.48. The molecule has 0 aromatic heterocycles. The highest BCUT2D eigenvalue weighted by Crippen LogP contribution is 2.31. The van der Waals surface area contributed by atoms with E-state index in [1.54, 1.807) is 36.4 Å². The summed E-state index contributed by atoms with van der Waals surface area (Å²) in [6, 6.07) is 11.9. The lowest BCUT2D eigenvalue weighted by Crippen LogP contribution is -2.49. The van der Waals surface area contributed by atoms with Gasteiger partial charge in [-0.1, -0.05) is 61.7 Å². The number of hydrogen-bond donors (Lipinski definition) is 1. The zero-order chi connectivity index (χ0) is 22.4. The van der Waals surface area contributed by atoms with Crippen LogP contribution in [0.4, 0.5) is 4.39 Å². The van der Waals surface area contributed by atoms with Gasteiger partial charge in [-0.05, 0) is 42.5 Å². The second-order valence-electron chi connectivity index (χ2n) is 8.08. The molecule has 4 nitrogen and oxygen atoms in total. The average Bonchev–Trinajstić information content (AvgIpc) is 2.77. The third kappa shape index (κ3) is 5.98. The van der Waals surface area contributed by atoms with Crippen LogP contribution in [0, 0.1) is 11.7 Å². The highest BCUT2D eigenvalue weighted by molar-refractivity contribution is 6.31. The van der Waals surface area contributed by atoms with Crippen LogP contribution in [0.2, 0.25) is 5.02 Å². The molecule has 7 heteroatoms. The van der Waals surface area contributed by atoms with Crippen molar-refractivity contribution in [2.45, 2.75) is 51.2 Å². The molecule has 2 amide bonds. The van der Waals surface area contributed by atoms with Crippen molar-refractivity contribution in [3.63, 3.8) is 0 Å². The van der Waals surface area contributed by atoms with Crippen molar-refractivity contribution < 1.29 is 14.0 Å². The molecular formula is C24H27Cl2FN2O2. The molecule has 0 heterocycles. The van der Waals surface area contributed by atoms with Crippen LogP contribution in [0.3, 0.4) is 0 Å². The number of rotatable bonds is 7. The molecule has 0 radical (unpaired) electrons. The van der Waals surface area contributed by atoms with E-state index in [4.69, 9.17) is 23.2 Å². The van der Waals surface area contributed by atoms with E-state index in [2.05, 4.69) is 12.2 Å². The van der Waals surface area contributed by atoms with Crippen molar-refractivity contribution in [1.29, 1.82) is 0 Å². The first kappa shape index (κ1) is 23.6. The number of amides is 2. The van der Waals surface area contributed by atoms with Gasteiger partial charge < -0.3 is 10.2 Å². The van der Waals surface area contributed by atoms with Gasteiger partial charge in [0.2, 0.25) is 11.8 Å². The van der Waals surface area contributed by atoms with Gasteiger partial charge in [0, 0.05) is 23.2 Å². The minimum Gasteiger partial charge on any atom is -0.351 e. The molecule has 1 aliphatic carbocycles. The Kier molecular flexibility index (Phi) is 8.33. The van der Waals surface area contributed by atoms with Crippen LogP contribution < -0.4 is 5.32 Å². The molecule has 1 fully saturated rings. The minimum atomic E-state index is -0.945. The van der Waals surface area contributed by atoms with E-state index < -0.39 is 11.9 Å². The molecule has 0 spiro atoms. The Bertz CT molecular complexity index is 907. The first-order chi connectivity index (χ1) is 14.9. The van der Waals surface area contributed by atoms with E-state index in [9.17, 15) is 14.0 Å². The van der Waals surface area contributed by atoms with Crippen LogP contribution in [0.15, 0.2) is 48.5 Å². The molecule has 1 N–H and O–H groups in total. The van der Waals surface area contributed by atoms with Crippen LogP contribution in [-0.2, 0) is 16.1 Å². The Morgan fingerprint density at radius 3 is 2.45 bits per heavy atom. The predicted molar refractivity (Wildman–Crippen MR) is 121 cm³/mol. The normalized spacial score (nSPS) is 19.5. The molecule has 0 saturated heterocycles. The summed E-state index contributed by atoms with van der Waals surface area (Å²) in [6.07, 6.45) is 4.18. The zero-order valence-electron chi connectivity index (χ0n) is 17.5. The maximum Gasteiger partial charge on any atom is 0.247 e. The van der Waals surface area contributed by atoms with Gasteiger partial charge in [-0.3, -0.25) is 9.59 Å². The summed E-state index contributed by atoms with van der Waals surface area (Å²) in [5, 5.41) is 3.55. The largest absolute Gasteiger partial charge is 0.351 e. The number of nitrogens with one attached hydrogen (secondary N) is 1. The Labute approximate surface area is 192 Å². The molecular weight excluding hydrogens is 438 g/mol. The van der Waals surface area contributed by atoms with Crippen LogP contribution in [0.1, 0.15) is 49.8 Å². The van der Waals surface area contributed by atoms with E-state index in [-0.39, 0.29) is 30.2 Å². The summed E-state index contributed by atoms with van der Waals surface area (Å²) in [5.41, 5.74) is 1.22. The third-order valence-corrected chi connectivity index (χ3v) is 6.47. The zero-order valence-corrected chi connectivity index (χ0v) is 19.0. The molecule has 0 bridgehead atoms. The van der Waals surface area contributed by atoms with Gasteiger partial charge in [0.1, 0.15) is 17.7 Å². The Hall–Kier alpha value is -2.11. The molecule has 31 heavy (non-hydrogen) atoms. The lowest BCUT2D eigenvalue weighted by Gasteiger charge is -2.35. The Morgan fingerprint density at radius 2 is 1.81 bits per heavy atom. The van der Waals surface area contributed by atoms with Crippen LogP contribution >= 0.6 is 23.2 Å². The van der Waals surface area contributed by atoms with Gasteiger partial charge in [-0.15, -0.1) is 11.6 Å². The summed E-state index contributed by atoms with van der Waals surface area (Å²) >= 11 is 12.4. The highest BCUT2D eigenvalue weighted by atomic mass is 35.5. The van der Waals surface area contributed by atoms with Gasteiger partial charge in [0.05, 0.1) is 0 Å². The number of nitrogens with zero attached hydrogens (tertiary/aromatic N) is 1. The number of benzene rings is 2. The summed E-state index contributed by atoms with van der Waals surface area (Å²) in [7, 11) is 0. The van der Waals surface area contributed by atoms with Crippen LogP contribution in [0.5, 0.6) is 0 Å². The second kappa shape index (κ2) is 11.0. The lowest BCUT2D eigenvalue weighted by atomic mass is 9.85. The number of carbonyl (C=O) groups excluding carboxylic acids is 2. The van der Waals surface area contributed by atoms with Crippen LogP contribution in [-0.4, -0.2) is 28.6 Å². The number of carbonyl (C=O) groups is 2. The SMILES string of the molecule is C[C@@H]1CCCC[C@@H]1NC(=O)[C@@H](c1ccccc1Cl)N(Cc1ccc(F)cc1)C(=O)CCl. The van der Waals surface area contributed by atoms with Gasteiger partial charge in [-0.2, -0.15) is 0 Å². The summed E-state index contributed by atoms with van der Waals surface area (Å²) < 4.78 is 13.4. The number of alkyl halides is 1. The van der Waals surface area contributed by atoms with Crippen molar-refractivity contribution in [2.75, 3.05) is 5.88 Å². The molecule has 3 rings (SSSR count). The maximum atomic E-state index is 13.5. The summed E-state index contributed by atoms with van der Waals surface area (Å²) in [6.45, 7) is 2.24. The van der Waals surface area contributed by atoms with E-state index in [1.807, 2.05) is 0 Å². The average molecular weight is 465 g/mol. The molecule has 2 aromatic rings. The summed E-state index contributed by atoms with van der Waals surface area (Å²) in [5.74, 6) is -0.977. The maximum absolute atomic E-state index is 13.5. The number of halogens is 3. The standard InChI is InChI=1S/C24H27Cl2FN2O2/c1-16-6-2-5-9-21(16)28-24(31)23(19-7-3-4-8-20(19)26)29(22(30)14-25)15-17-10-12-18(27)13-11-17/h3-4,7-8,10-13,16,21,23H,2,5-6,9,14-15H2,1H3,(H,28,31)/t16-,21+,23-/m1/s1. The minimum absolute atomic E-state index is 0.0463. The van der Waals surface area contributed by atoms with Crippen molar-refractivity contribution in [1.82, 2.24) is 10.2 Å². The van der Waals surface area contributed by atoms with E-state index in [0.717, 1.165) is 25.7 Å². The van der Waals surface area contributed by atoms with E-state index in [0.29, 0.717) is 22.1 Å².